The molecular weight excluding hydrogens is 380 g/mol. The van der Waals surface area contributed by atoms with Crippen LogP contribution in [0.15, 0.2) is 63.8 Å². The zero-order chi connectivity index (χ0) is 18.8. The summed E-state index contributed by atoms with van der Waals surface area (Å²) in [4.78, 5) is 25.0. The van der Waals surface area contributed by atoms with E-state index in [1.165, 1.54) is 0 Å². The molecule has 0 spiro atoms. The lowest BCUT2D eigenvalue weighted by Gasteiger charge is -2.29. The SMILES string of the molecule is Cl.O=C(N[C@@H]1CNCC[C@H]1O)c1cccc(-c2cc3ccccc3oc2=O)c1. The highest BCUT2D eigenvalue weighted by Gasteiger charge is 2.24. The third-order valence-corrected chi connectivity index (χ3v) is 4.84. The van der Waals surface area contributed by atoms with E-state index < -0.39 is 11.7 Å². The van der Waals surface area contributed by atoms with E-state index >= 15 is 0 Å². The summed E-state index contributed by atoms with van der Waals surface area (Å²) in [5, 5.41) is 16.9. The van der Waals surface area contributed by atoms with Crippen LogP contribution in [0.4, 0.5) is 0 Å². The molecule has 2 atom stereocenters. The summed E-state index contributed by atoms with van der Waals surface area (Å²) in [6.45, 7) is 1.27. The summed E-state index contributed by atoms with van der Waals surface area (Å²) in [5.41, 5.74) is 1.53. The molecule has 1 aromatic heterocycles. The Bertz CT molecular complexity index is 1050. The number of hydrogen-bond donors (Lipinski definition) is 3. The zero-order valence-corrected chi connectivity index (χ0v) is 15.9. The first-order valence-corrected chi connectivity index (χ1v) is 8.95. The summed E-state index contributed by atoms with van der Waals surface area (Å²) in [6, 6.07) is 15.6. The minimum absolute atomic E-state index is 0. The quantitative estimate of drug-likeness (QED) is 0.587. The summed E-state index contributed by atoms with van der Waals surface area (Å²) in [6.07, 6.45) is 0.0364. The highest BCUT2D eigenvalue weighted by Crippen LogP contribution is 2.22. The van der Waals surface area contributed by atoms with Crippen molar-refractivity contribution >= 4 is 29.3 Å². The van der Waals surface area contributed by atoms with Crippen LogP contribution in [0, 0.1) is 0 Å². The smallest absolute Gasteiger partial charge is 0.344 e. The van der Waals surface area contributed by atoms with Crippen LogP contribution in [0.25, 0.3) is 22.1 Å². The first kappa shape index (κ1) is 20.1. The third-order valence-electron chi connectivity index (χ3n) is 4.84. The van der Waals surface area contributed by atoms with E-state index in [9.17, 15) is 14.7 Å². The number of aliphatic hydroxyl groups is 1. The Morgan fingerprint density at radius 3 is 2.79 bits per heavy atom. The van der Waals surface area contributed by atoms with Gasteiger partial charge >= 0.3 is 5.63 Å². The van der Waals surface area contributed by atoms with Gasteiger partial charge in [-0.1, -0.05) is 30.3 Å². The molecule has 6 nitrogen and oxygen atoms in total. The molecule has 7 heteroatoms. The topological polar surface area (TPSA) is 91.6 Å². The number of hydrogen-bond acceptors (Lipinski definition) is 5. The maximum atomic E-state index is 12.6. The van der Waals surface area contributed by atoms with Crippen LogP contribution in [-0.2, 0) is 0 Å². The molecule has 146 valence electrons. The number of halogens is 1. The van der Waals surface area contributed by atoms with Crippen molar-refractivity contribution in [3.8, 4) is 11.1 Å². The van der Waals surface area contributed by atoms with Crippen molar-refractivity contribution in [3.63, 3.8) is 0 Å². The normalized spacial score (nSPS) is 19.0. The lowest BCUT2D eigenvalue weighted by atomic mass is 10.0. The van der Waals surface area contributed by atoms with Gasteiger partial charge in [0.1, 0.15) is 5.58 Å². The highest BCUT2D eigenvalue weighted by atomic mass is 35.5. The molecule has 1 aliphatic heterocycles. The molecule has 1 saturated heterocycles. The second kappa shape index (κ2) is 8.56. The number of benzene rings is 2. The number of amides is 1. The molecule has 1 amide bonds. The number of nitrogens with one attached hydrogen (secondary N) is 2. The van der Waals surface area contributed by atoms with E-state index in [4.69, 9.17) is 4.42 Å². The molecule has 1 aliphatic rings. The van der Waals surface area contributed by atoms with Crippen LogP contribution in [0.5, 0.6) is 0 Å². The van der Waals surface area contributed by atoms with Gasteiger partial charge in [-0.2, -0.15) is 0 Å². The molecule has 0 unspecified atom stereocenters. The van der Waals surface area contributed by atoms with E-state index in [0.717, 1.165) is 11.9 Å². The first-order valence-electron chi connectivity index (χ1n) is 8.95. The fourth-order valence-corrected chi connectivity index (χ4v) is 3.33. The molecule has 28 heavy (non-hydrogen) atoms. The van der Waals surface area contributed by atoms with Crippen LogP contribution in [0.2, 0.25) is 0 Å². The maximum absolute atomic E-state index is 12.6. The number of rotatable bonds is 3. The maximum Gasteiger partial charge on any atom is 0.344 e. The number of carbonyl (C=O) groups is 1. The summed E-state index contributed by atoms with van der Waals surface area (Å²) < 4.78 is 5.39. The van der Waals surface area contributed by atoms with Gasteiger partial charge in [0.2, 0.25) is 0 Å². The van der Waals surface area contributed by atoms with Crippen molar-refractivity contribution < 1.29 is 14.3 Å². The Labute approximate surface area is 168 Å². The minimum atomic E-state index is -0.564. The second-order valence-corrected chi connectivity index (χ2v) is 6.71. The second-order valence-electron chi connectivity index (χ2n) is 6.71. The van der Waals surface area contributed by atoms with Crippen molar-refractivity contribution in [3.05, 3.63) is 70.6 Å². The number of carbonyl (C=O) groups excluding carboxylic acids is 1. The zero-order valence-electron chi connectivity index (χ0n) is 15.1. The molecule has 3 N–H and O–H groups in total. The summed E-state index contributed by atoms with van der Waals surface area (Å²) in [7, 11) is 0. The van der Waals surface area contributed by atoms with E-state index in [-0.39, 0.29) is 24.4 Å². The van der Waals surface area contributed by atoms with Gasteiger partial charge in [0, 0.05) is 17.5 Å². The molecule has 1 fully saturated rings. The number of aliphatic hydroxyl groups excluding tert-OH is 1. The molecule has 2 heterocycles. The monoisotopic (exact) mass is 400 g/mol. The van der Waals surface area contributed by atoms with Crippen molar-refractivity contribution in [1.82, 2.24) is 10.6 Å². The molecule has 2 aromatic carbocycles. The molecule has 0 aliphatic carbocycles. The van der Waals surface area contributed by atoms with Crippen molar-refractivity contribution in [2.24, 2.45) is 0 Å². The van der Waals surface area contributed by atoms with E-state index in [1.54, 1.807) is 36.4 Å². The molecule has 0 radical (unpaired) electrons. The third kappa shape index (κ3) is 4.09. The van der Waals surface area contributed by atoms with Gasteiger partial charge in [0.05, 0.1) is 17.7 Å². The van der Waals surface area contributed by atoms with Crippen LogP contribution in [0.3, 0.4) is 0 Å². The van der Waals surface area contributed by atoms with Gasteiger partial charge in [0.15, 0.2) is 0 Å². The average Bonchev–Trinajstić information content (AvgIpc) is 2.69. The Hall–Kier alpha value is -2.67. The largest absolute Gasteiger partial charge is 0.422 e. The lowest BCUT2D eigenvalue weighted by Crippen LogP contribution is -2.53. The summed E-state index contributed by atoms with van der Waals surface area (Å²) >= 11 is 0. The van der Waals surface area contributed by atoms with E-state index in [0.29, 0.717) is 35.2 Å². The Balaban J connectivity index is 0.00000225. The van der Waals surface area contributed by atoms with Gasteiger partial charge < -0.3 is 20.2 Å². The Kier molecular flexibility index (Phi) is 6.14. The Morgan fingerprint density at radius 2 is 1.96 bits per heavy atom. The standard InChI is InChI=1S/C21H20N2O4.ClH/c24-18-8-9-22-12-17(18)23-20(25)15-6-3-5-13(10-15)16-11-14-4-1-2-7-19(14)27-21(16)26;/h1-7,10-11,17-18,22,24H,8-9,12H2,(H,23,25);1H/t17-,18-;/m1./s1. The first-order chi connectivity index (χ1) is 13.1. The van der Waals surface area contributed by atoms with E-state index in [2.05, 4.69) is 10.6 Å². The van der Waals surface area contributed by atoms with E-state index in [1.807, 2.05) is 18.2 Å². The molecular formula is C21H21ClN2O4. The van der Waals surface area contributed by atoms with Crippen LogP contribution in [-0.4, -0.2) is 36.2 Å². The van der Waals surface area contributed by atoms with Gasteiger partial charge in [-0.15, -0.1) is 12.4 Å². The van der Waals surface area contributed by atoms with Crippen LogP contribution >= 0.6 is 12.4 Å². The van der Waals surface area contributed by atoms with Gasteiger partial charge in [-0.25, -0.2) is 4.79 Å². The van der Waals surface area contributed by atoms with Crippen molar-refractivity contribution in [1.29, 1.82) is 0 Å². The molecule has 3 aromatic rings. The van der Waals surface area contributed by atoms with Crippen LogP contribution in [0.1, 0.15) is 16.8 Å². The molecule has 0 bridgehead atoms. The Morgan fingerprint density at radius 1 is 1.14 bits per heavy atom. The lowest BCUT2D eigenvalue weighted by molar-refractivity contribution is 0.0755. The number of para-hydroxylation sites is 1. The van der Waals surface area contributed by atoms with Gasteiger partial charge in [-0.3, -0.25) is 4.79 Å². The fraction of sp³-hybridized carbons (Fsp3) is 0.238. The molecule has 4 rings (SSSR count). The molecule has 0 saturated carbocycles. The fourth-order valence-electron chi connectivity index (χ4n) is 3.33. The van der Waals surface area contributed by atoms with Crippen molar-refractivity contribution in [2.75, 3.05) is 13.1 Å². The van der Waals surface area contributed by atoms with Gasteiger partial charge in [0.25, 0.3) is 5.91 Å². The highest BCUT2D eigenvalue weighted by molar-refractivity contribution is 5.96. The predicted octanol–water partition coefficient (Wildman–Crippen LogP) is 2.33. The van der Waals surface area contributed by atoms with Crippen LogP contribution < -0.4 is 16.3 Å². The predicted molar refractivity (Wildman–Crippen MR) is 110 cm³/mol. The van der Waals surface area contributed by atoms with Gasteiger partial charge in [-0.05, 0) is 42.8 Å². The number of piperidine rings is 1. The minimum Gasteiger partial charge on any atom is -0.422 e. The summed E-state index contributed by atoms with van der Waals surface area (Å²) in [5.74, 6) is -0.283. The number of fused-ring (bicyclic) bond motifs is 1. The van der Waals surface area contributed by atoms with Crippen molar-refractivity contribution in [2.45, 2.75) is 18.6 Å². The average molecular weight is 401 g/mol.